The normalized spacial score (nSPS) is 18.8. The maximum Gasteiger partial charge on any atom is 0.246 e. The van der Waals surface area contributed by atoms with Crippen LogP contribution in [0.25, 0.3) is 6.08 Å². The van der Waals surface area contributed by atoms with Crippen molar-refractivity contribution in [3.8, 4) is 0 Å². The van der Waals surface area contributed by atoms with Gasteiger partial charge < -0.3 is 14.2 Å². The third-order valence-electron chi connectivity index (χ3n) is 6.76. The van der Waals surface area contributed by atoms with Gasteiger partial charge in [0.2, 0.25) is 21.8 Å². The van der Waals surface area contributed by atoms with Gasteiger partial charge in [-0.1, -0.05) is 0 Å². The highest BCUT2D eigenvalue weighted by Crippen LogP contribution is 2.38. The largest absolute Gasteiger partial charge is 0.465 e. The zero-order chi connectivity index (χ0) is 23.0. The van der Waals surface area contributed by atoms with Crippen LogP contribution in [-0.2, 0) is 32.5 Å². The molecule has 174 valence electrons. The predicted octanol–water partition coefficient (Wildman–Crippen LogP) is 2.35. The number of furan rings is 1. The molecule has 0 unspecified atom stereocenters. The number of nitrogens with zero attached hydrogens (tertiary/aromatic N) is 2. The minimum absolute atomic E-state index is 0.0648. The summed E-state index contributed by atoms with van der Waals surface area (Å²) < 4.78 is 34.0. The molecule has 1 aromatic carbocycles. The average Bonchev–Trinajstić information content (AvgIpc) is 3.50. The second kappa shape index (κ2) is 8.79. The first-order chi connectivity index (χ1) is 15.9. The molecule has 3 aliphatic heterocycles. The topological polar surface area (TPSA) is 99.9 Å². The number of carbonyl (C=O) groups is 2. The van der Waals surface area contributed by atoms with Gasteiger partial charge in [-0.25, -0.2) is 13.1 Å². The van der Waals surface area contributed by atoms with Crippen molar-refractivity contribution in [2.75, 3.05) is 31.1 Å². The number of sulfonamides is 1. The molecule has 0 radical (unpaired) electrons. The molecule has 1 fully saturated rings. The van der Waals surface area contributed by atoms with E-state index in [-0.39, 0.29) is 22.6 Å². The zero-order valence-corrected chi connectivity index (χ0v) is 19.1. The molecule has 1 saturated heterocycles. The van der Waals surface area contributed by atoms with E-state index in [0.29, 0.717) is 51.2 Å². The molecule has 5 rings (SSSR count). The van der Waals surface area contributed by atoms with Crippen LogP contribution in [0, 0.1) is 5.92 Å². The summed E-state index contributed by atoms with van der Waals surface area (Å²) in [5.41, 5.74) is 2.80. The lowest BCUT2D eigenvalue weighted by molar-refractivity contribution is -0.127. The summed E-state index contributed by atoms with van der Waals surface area (Å²) in [6, 6.07) is 6.99. The van der Waals surface area contributed by atoms with Crippen LogP contribution in [-0.4, -0.2) is 51.3 Å². The van der Waals surface area contributed by atoms with Gasteiger partial charge in [0.1, 0.15) is 5.76 Å². The van der Waals surface area contributed by atoms with Crippen LogP contribution in [0.3, 0.4) is 0 Å². The lowest BCUT2D eigenvalue weighted by Gasteiger charge is -2.31. The van der Waals surface area contributed by atoms with Crippen LogP contribution in [0.1, 0.15) is 36.1 Å². The molecule has 0 atom stereocenters. The molecule has 4 heterocycles. The number of aryl methyl sites for hydroxylation is 1. The number of nitrogens with one attached hydrogen (secondary N) is 1. The first kappa shape index (κ1) is 21.9. The Hall–Kier alpha value is -2.91. The van der Waals surface area contributed by atoms with Crippen LogP contribution in [0.2, 0.25) is 0 Å². The number of piperidine rings is 1. The van der Waals surface area contributed by atoms with E-state index in [0.717, 1.165) is 29.7 Å². The zero-order valence-electron chi connectivity index (χ0n) is 18.3. The summed E-state index contributed by atoms with van der Waals surface area (Å²) >= 11 is 0. The Kier molecular flexibility index (Phi) is 5.84. The third-order valence-corrected chi connectivity index (χ3v) is 8.16. The standard InChI is InChI=1S/C24H27N3O5S/c28-22(6-4-20-2-1-13-32-20)26-10-7-17(8-11-26)16-25-33(30,31)21-14-18-3-5-23(29)27-12-9-19(15-21)24(18)27/h1-2,4,6,13-15,17,25H,3,5,7-12,16H2/b6-4+. The van der Waals surface area contributed by atoms with Crippen molar-refractivity contribution in [3.63, 3.8) is 0 Å². The monoisotopic (exact) mass is 469 g/mol. The van der Waals surface area contributed by atoms with Gasteiger partial charge in [-0.2, -0.15) is 0 Å². The number of hydrogen-bond donors (Lipinski definition) is 1. The number of anilines is 1. The summed E-state index contributed by atoms with van der Waals surface area (Å²) in [5, 5.41) is 0. The molecule has 9 heteroatoms. The Morgan fingerprint density at radius 3 is 2.61 bits per heavy atom. The highest BCUT2D eigenvalue weighted by molar-refractivity contribution is 7.89. The van der Waals surface area contributed by atoms with Gasteiger partial charge in [-0.05, 0) is 73.1 Å². The molecule has 0 saturated carbocycles. The first-order valence-electron chi connectivity index (χ1n) is 11.4. The summed E-state index contributed by atoms with van der Waals surface area (Å²) in [7, 11) is -3.64. The van der Waals surface area contributed by atoms with E-state index in [4.69, 9.17) is 4.42 Å². The minimum atomic E-state index is -3.64. The molecule has 2 aromatic rings. The second-order valence-corrected chi connectivity index (χ2v) is 10.6. The van der Waals surface area contributed by atoms with Crippen molar-refractivity contribution in [1.29, 1.82) is 0 Å². The Labute approximate surface area is 193 Å². The van der Waals surface area contributed by atoms with Gasteiger partial charge in [-0.15, -0.1) is 0 Å². The summed E-state index contributed by atoms with van der Waals surface area (Å²) in [6.07, 6.45) is 7.92. The van der Waals surface area contributed by atoms with Gasteiger partial charge >= 0.3 is 0 Å². The number of hydrogen-bond acceptors (Lipinski definition) is 5. The fourth-order valence-corrected chi connectivity index (χ4v) is 6.11. The molecule has 0 spiro atoms. The van der Waals surface area contributed by atoms with Crippen LogP contribution in [0.5, 0.6) is 0 Å². The second-order valence-electron chi connectivity index (χ2n) is 8.85. The van der Waals surface area contributed by atoms with Crippen molar-refractivity contribution < 1.29 is 22.4 Å². The van der Waals surface area contributed by atoms with Crippen LogP contribution in [0.4, 0.5) is 5.69 Å². The van der Waals surface area contributed by atoms with Gasteiger partial charge in [0, 0.05) is 38.7 Å². The molecule has 0 aliphatic carbocycles. The lowest BCUT2D eigenvalue weighted by Crippen LogP contribution is -2.41. The average molecular weight is 470 g/mol. The highest BCUT2D eigenvalue weighted by Gasteiger charge is 2.33. The number of likely N-dealkylation sites (tertiary alicyclic amines) is 1. The maximum absolute atomic E-state index is 13.0. The first-order valence-corrected chi connectivity index (χ1v) is 12.9. The molecule has 0 bridgehead atoms. The number of rotatable bonds is 6. The molecule has 1 N–H and O–H groups in total. The van der Waals surface area contributed by atoms with Crippen molar-refractivity contribution in [2.45, 2.75) is 37.0 Å². The lowest BCUT2D eigenvalue weighted by atomic mass is 9.97. The van der Waals surface area contributed by atoms with Crippen LogP contribution < -0.4 is 9.62 Å². The van der Waals surface area contributed by atoms with E-state index < -0.39 is 10.0 Å². The number of amides is 2. The van der Waals surface area contributed by atoms with Crippen molar-refractivity contribution >= 4 is 33.6 Å². The summed E-state index contributed by atoms with van der Waals surface area (Å²) in [6.45, 7) is 2.18. The van der Waals surface area contributed by atoms with Gasteiger partial charge in [0.25, 0.3) is 0 Å². The minimum Gasteiger partial charge on any atom is -0.465 e. The fourth-order valence-electron chi connectivity index (χ4n) is 4.89. The van der Waals surface area contributed by atoms with E-state index in [1.54, 1.807) is 46.4 Å². The van der Waals surface area contributed by atoms with Crippen molar-refractivity contribution in [1.82, 2.24) is 9.62 Å². The summed E-state index contributed by atoms with van der Waals surface area (Å²) in [4.78, 5) is 28.3. The number of carbonyl (C=O) groups excluding carboxylic acids is 2. The van der Waals surface area contributed by atoms with E-state index in [9.17, 15) is 18.0 Å². The van der Waals surface area contributed by atoms with E-state index in [1.165, 1.54) is 6.08 Å². The molecule has 8 nitrogen and oxygen atoms in total. The van der Waals surface area contributed by atoms with Gasteiger partial charge in [-0.3, -0.25) is 9.59 Å². The Morgan fingerprint density at radius 2 is 1.88 bits per heavy atom. The van der Waals surface area contributed by atoms with Crippen LogP contribution in [0.15, 0.2) is 45.9 Å². The Morgan fingerprint density at radius 1 is 1.12 bits per heavy atom. The molecular formula is C24H27N3O5S. The van der Waals surface area contributed by atoms with Crippen molar-refractivity contribution in [2.24, 2.45) is 5.92 Å². The molecule has 1 aromatic heterocycles. The Balaban J connectivity index is 1.17. The highest BCUT2D eigenvalue weighted by atomic mass is 32.2. The quantitative estimate of drug-likeness (QED) is 0.655. The van der Waals surface area contributed by atoms with E-state index in [1.807, 2.05) is 0 Å². The van der Waals surface area contributed by atoms with Crippen LogP contribution >= 0.6 is 0 Å². The third kappa shape index (κ3) is 4.47. The Bertz CT molecular complexity index is 1190. The smallest absolute Gasteiger partial charge is 0.246 e. The molecular weight excluding hydrogens is 442 g/mol. The summed E-state index contributed by atoms with van der Waals surface area (Å²) in [5.74, 6) is 0.868. The maximum atomic E-state index is 13.0. The fraction of sp³-hybridized carbons (Fsp3) is 0.417. The molecule has 2 amide bonds. The predicted molar refractivity (Wildman–Crippen MR) is 123 cm³/mol. The SMILES string of the molecule is O=C(/C=C/c1ccco1)N1CCC(CNS(=O)(=O)c2cc3c4c(c2)CCN4C(=O)CC3)CC1. The molecule has 3 aliphatic rings. The van der Waals surface area contributed by atoms with E-state index >= 15 is 0 Å². The molecule has 33 heavy (non-hydrogen) atoms. The number of benzene rings is 1. The van der Waals surface area contributed by atoms with Gasteiger partial charge in [0.15, 0.2) is 0 Å². The van der Waals surface area contributed by atoms with Gasteiger partial charge in [0.05, 0.1) is 16.8 Å². The van der Waals surface area contributed by atoms with E-state index in [2.05, 4.69) is 4.72 Å². The van der Waals surface area contributed by atoms with Crippen molar-refractivity contribution in [3.05, 3.63) is 53.5 Å².